The van der Waals surface area contributed by atoms with Crippen LogP contribution in [0.4, 0.5) is 14.9 Å². The van der Waals surface area contributed by atoms with E-state index in [-0.39, 0.29) is 24.3 Å². The molecule has 0 aliphatic rings. The quantitative estimate of drug-likeness (QED) is 0.213. The number of hydrogen-bond acceptors (Lipinski definition) is 3. The Hall–Kier alpha value is -4.17. The average molecular weight is 545 g/mol. The molecule has 0 radical (unpaired) electrons. The van der Waals surface area contributed by atoms with Gasteiger partial charge in [0.05, 0.1) is 0 Å². The van der Waals surface area contributed by atoms with Gasteiger partial charge in [-0.15, -0.1) is 0 Å². The molecule has 1 aromatic heterocycles. The van der Waals surface area contributed by atoms with E-state index in [0.717, 1.165) is 33.2 Å². The molecular weight excluding hydrogens is 507 g/mol. The van der Waals surface area contributed by atoms with Gasteiger partial charge in [-0.3, -0.25) is 4.79 Å². The van der Waals surface area contributed by atoms with E-state index >= 15 is 0 Å². The van der Waals surface area contributed by atoms with E-state index in [0.29, 0.717) is 44.8 Å². The number of nitrogens with zero attached hydrogens (tertiary/aromatic N) is 2. The van der Waals surface area contributed by atoms with E-state index in [1.807, 2.05) is 56.4 Å². The van der Waals surface area contributed by atoms with Crippen LogP contribution in [0, 0.1) is 19.7 Å². The standard InChI is InChI=1S/C32H37FN4O3/c1-23-9-14-29(24(2)19-23)35-32(39)37(16-6-18-40-3)22-31(38)36(21-25-10-12-27(33)13-11-25)17-15-26-20-34-30-8-5-4-7-28(26)30/h4-5,7-14,19-20,34H,6,15-18,21-22H2,1-3H3,(H,35,39). The molecule has 1 heterocycles. The largest absolute Gasteiger partial charge is 0.385 e. The van der Waals surface area contributed by atoms with Gasteiger partial charge in [0.25, 0.3) is 0 Å². The summed E-state index contributed by atoms with van der Waals surface area (Å²) in [7, 11) is 1.61. The Balaban J connectivity index is 1.52. The van der Waals surface area contributed by atoms with Gasteiger partial charge in [-0.25, -0.2) is 9.18 Å². The molecule has 3 aromatic carbocycles. The van der Waals surface area contributed by atoms with Crippen LogP contribution in [-0.2, 0) is 22.5 Å². The summed E-state index contributed by atoms with van der Waals surface area (Å²) < 4.78 is 18.7. The van der Waals surface area contributed by atoms with Crippen molar-refractivity contribution in [2.24, 2.45) is 0 Å². The van der Waals surface area contributed by atoms with Crippen molar-refractivity contribution in [3.8, 4) is 0 Å². The Morgan fingerprint density at radius 3 is 2.50 bits per heavy atom. The fourth-order valence-corrected chi connectivity index (χ4v) is 4.76. The number of methoxy groups -OCH3 is 1. The third kappa shape index (κ3) is 7.70. The second kappa shape index (κ2) is 13.8. The van der Waals surface area contributed by atoms with E-state index in [4.69, 9.17) is 4.74 Å². The number of aromatic amines is 1. The lowest BCUT2D eigenvalue weighted by Gasteiger charge is -2.28. The Morgan fingerprint density at radius 2 is 1.75 bits per heavy atom. The van der Waals surface area contributed by atoms with Crippen LogP contribution in [0.15, 0.2) is 72.9 Å². The van der Waals surface area contributed by atoms with Crippen LogP contribution in [0.1, 0.15) is 28.7 Å². The predicted octanol–water partition coefficient (Wildman–Crippen LogP) is 6.07. The molecule has 0 spiro atoms. The molecular formula is C32H37FN4O3. The highest BCUT2D eigenvalue weighted by Gasteiger charge is 2.22. The van der Waals surface area contributed by atoms with Crippen molar-refractivity contribution in [2.75, 3.05) is 38.7 Å². The van der Waals surface area contributed by atoms with Crippen molar-refractivity contribution in [2.45, 2.75) is 33.2 Å². The van der Waals surface area contributed by atoms with E-state index in [9.17, 15) is 14.0 Å². The number of ether oxygens (including phenoxy) is 1. The fourth-order valence-electron chi connectivity index (χ4n) is 4.76. The predicted molar refractivity (Wildman–Crippen MR) is 157 cm³/mol. The number of para-hydroxylation sites is 1. The molecule has 0 unspecified atom stereocenters. The summed E-state index contributed by atoms with van der Waals surface area (Å²) in [4.78, 5) is 33.6. The number of fused-ring (bicyclic) bond motifs is 1. The lowest BCUT2D eigenvalue weighted by Crippen LogP contribution is -2.45. The number of halogens is 1. The summed E-state index contributed by atoms with van der Waals surface area (Å²) in [6.07, 6.45) is 3.20. The Kier molecular flexibility index (Phi) is 9.91. The zero-order valence-corrected chi connectivity index (χ0v) is 23.4. The molecule has 0 fully saturated rings. The van der Waals surface area contributed by atoms with Crippen LogP contribution >= 0.6 is 0 Å². The SMILES string of the molecule is COCCCN(CC(=O)N(CCc1c[nH]c2ccccc12)Cc1ccc(F)cc1)C(=O)Nc1ccc(C)cc1C. The smallest absolute Gasteiger partial charge is 0.322 e. The van der Waals surface area contributed by atoms with E-state index in [1.54, 1.807) is 24.1 Å². The van der Waals surface area contributed by atoms with E-state index < -0.39 is 0 Å². The number of H-pyrrole nitrogens is 1. The number of aryl methyl sites for hydroxylation is 2. The molecule has 0 bridgehead atoms. The lowest BCUT2D eigenvalue weighted by atomic mass is 10.1. The number of carbonyl (C=O) groups is 2. The normalized spacial score (nSPS) is 11.0. The molecule has 2 N–H and O–H groups in total. The molecule has 4 aromatic rings. The van der Waals surface area contributed by atoms with Crippen LogP contribution in [0.25, 0.3) is 10.9 Å². The monoisotopic (exact) mass is 544 g/mol. The highest BCUT2D eigenvalue weighted by Crippen LogP contribution is 2.20. The van der Waals surface area contributed by atoms with Gasteiger partial charge in [0.2, 0.25) is 5.91 Å². The zero-order chi connectivity index (χ0) is 28.5. The van der Waals surface area contributed by atoms with Crippen LogP contribution in [-0.4, -0.2) is 60.1 Å². The number of amides is 3. The van der Waals surface area contributed by atoms with Gasteiger partial charge in [-0.1, -0.05) is 48.0 Å². The minimum atomic E-state index is -0.338. The number of carbonyl (C=O) groups excluding carboxylic acids is 2. The molecule has 3 amide bonds. The zero-order valence-electron chi connectivity index (χ0n) is 23.4. The van der Waals surface area contributed by atoms with Crippen molar-refractivity contribution in [3.63, 3.8) is 0 Å². The van der Waals surface area contributed by atoms with Crippen LogP contribution in [0.3, 0.4) is 0 Å². The van der Waals surface area contributed by atoms with E-state index in [2.05, 4.69) is 16.4 Å². The highest BCUT2D eigenvalue weighted by atomic mass is 19.1. The summed E-state index contributed by atoms with van der Waals surface area (Å²) in [5.74, 6) is -0.509. The van der Waals surface area contributed by atoms with Gasteiger partial charge in [0.1, 0.15) is 12.4 Å². The van der Waals surface area contributed by atoms with Gasteiger partial charge in [-0.05, 0) is 67.6 Å². The van der Waals surface area contributed by atoms with Gasteiger partial charge < -0.3 is 24.8 Å². The third-order valence-corrected chi connectivity index (χ3v) is 6.98. The maximum atomic E-state index is 13.7. The first-order valence-electron chi connectivity index (χ1n) is 13.5. The molecule has 4 rings (SSSR count). The maximum absolute atomic E-state index is 13.7. The topological polar surface area (TPSA) is 77.7 Å². The summed E-state index contributed by atoms with van der Waals surface area (Å²) in [6.45, 7) is 5.45. The number of anilines is 1. The Bertz CT molecular complexity index is 1430. The first-order chi connectivity index (χ1) is 19.3. The number of nitrogens with one attached hydrogen (secondary N) is 2. The number of aromatic nitrogens is 1. The molecule has 0 aliphatic carbocycles. The minimum Gasteiger partial charge on any atom is -0.385 e. The Morgan fingerprint density at radius 1 is 0.975 bits per heavy atom. The Labute approximate surface area is 234 Å². The molecule has 0 saturated heterocycles. The molecule has 40 heavy (non-hydrogen) atoms. The number of urea groups is 1. The van der Waals surface area contributed by atoms with Crippen molar-refractivity contribution in [1.29, 1.82) is 0 Å². The van der Waals surface area contributed by atoms with Gasteiger partial charge >= 0.3 is 6.03 Å². The summed E-state index contributed by atoms with van der Waals surface area (Å²) in [5, 5.41) is 4.09. The van der Waals surface area contributed by atoms with Crippen LogP contribution < -0.4 is 5.32 Å². The van der Waals surface area contributed by atoms with Crippen molar-refractivity contribution >= 4 is 28.5 Å². The van der Waals surface area contributed by atoms with Gasteiger partial charge in [0, 0.05) is 56.1 Å². The summed E-state index contributed by atoms with van der Waals surface area (Å²) >= 11 is 0. The molecule has 8 heteroatoms. The second-order valence-electron chi connectivity index (χ2n) is 10.1. The molecule has 7 nitrogen and oxygen atoms in total. The number of rotatable bonds is 12. The third-order valence-electron chi connectivity index (χ3n) is 6.98. The average Bonchev–Trinajstić information content (AvgIpc) is 3.36. The molecule has 0 saturated carbocycles. The van der Waals surface area contributed by atoms with Crippen LogP contribution in [0.5, 0.6) is 0 Å². The van der Waals surface area contributed by atoms with Crippen molar-refractivity contribution < 1.29 is 18.7 Å². The summed E-state index contributed by atoms with van der Waals surface area (Å²) in [5.41, 5.74) is 5.74. The molecule has 0 atom stereocenters. The number of hydrogen-bond donors (Lipinski definition) is 2. The second-order valence-corrected chi connectivity index (χ2v) is 10.1. The van der Waals surface area contributed by atoms with Crippen molar-refractivity contribution in [3.05, 3.63) is 101 Å². The molecule has 0 aliphatic heterocycles. The maximum Gasteiger partial charge on any atom is 0.322 e. The number of benzene rings is 3. The lowest BCUT2D eigenvalue weighted by molar-refractivity contribution is -0.132. The summed E-state index contributed by atoms with van der Waals surface area (Å²) in [6, 6.07) is 19.7. The van der Waals surface area contributed by atoms with E-state index in [1.165, 1.54) is 17.0 Å². The van der Waals surface area contributed by atoms with Crippen LogP contribution in [0.2, 0.25) is 0 Å². The van der Waals surface area contributed by atoms with Crippen molar-refractivity contribution in [1.82, 2.24) is 14.8 Å². The highest BCUT2D eigenvalue weighted by molar-refractivity contribution is 5.93. The first-order valence-corrected chi connectivity index (χ1v) is 13.5. The minimum absolute atomic E-state index is 0.0878. The first kappa shape index (κ1) is 28.8. The molecule has 210 valence electrons. The van der Waals surface area contributed by atoms with Gasteiger partial charge in [-0.2, -0.15) is 0 Å². The fraction of sp³-hybridized carbons (Fsp3) is 0.312. The van der Waals surface area contributed by atoms with Gasteiger partial charge in [0.15, 0.2) is 0 Å².